The third-order valence-electron chi connectivity index (χ3n) is 4.09. The minimum absolute atomic E-state index is 0.100. The van der Waals surface area contributed by atoms with Crippen LogP contribution in [0.3, 0.4) is 0 Å². The van der Waals surface area contributed by atoms with Crippen LogP contribution in [0.2, 0.25) is 0 Å². The number of ether oxygens (including phenoxy) is 1. The summed E-state index contributed by atoms with van der Waals surface area (Å²) in [5.74, 6) is -0.356. The lowest BCUT2D eigenvalue weighted by molar-refractivity contribution is -0.117. The Morgan fingerprint density at radius 3 is 2.14 bits per heavy atom. The molecule has 1 N–H and O–H groups in total. The number of hydrogen-bond donors (Lipinski definition) is 1. The van der Waals surface area contributed by atoms with E-state index in [4.69, 9.17) is 4.74 Å². The van der Waals surface area contributed by atoms with E-state index in [0.29, 0.717) is 32.8 Å². The molecule has 0 atom stereocenters. The van der Waals surface area contributed by atoms with Crippen molar-refractivity contribution in [3.8, 4) is 6.07 Å². The van der Waals surface area contributed by atoms with Gasteiger partial charge in [0.05, 0.1) is 0 Å². The van der Waals surface area contributed by atoms with Crippen molar-refractivity contribution in [2.45, 2.75) is 26.4 Å². The zero-order chi connectivity index (χ0) is 20.0. The Balaban J connectivity index is 2.08. The van der Waals surface area contributed by atoms with Gasteiger partial charge in [0.1, 0.15) is 11.6 Å². The van der Waals surface area contributed by atoms with Gasteiger partial charge < -0.3 is 15.0 Å². The normalized spacial score (nSPS) is 10.9. The molecule has 0 fully saturated rings. The fourth-order valence-electron chi connectivity index (χ4n) is 2.72. The largest absolute Gasteiger partial charge is 0.382 e. The monoisotopic (exact) mass is 377 g/mol. The molecule has 0 aromatic heterocycles. The van der Waals surface area contributed by atoms with Gasteiger partial charge in [0.15, 0.2) is 0 Å². The number of carbonyl (C=O) groups is 1. The fraction of sp³-hybridized carbons (Fsp3) is 0.304. The molecule has 0 unspecified atom stereocenters. The van der Waals surface area contributed by atoms with E-state index in [2.05, 4.69) is 5.32 Å². The first-order chi connectivity index (χ1) is 13.7. The number of carbonyl (C=O) groups excluding carboxylic acids is 1. The average molecular weight is 377 g/mol. The van der Waals surface area contributed by atoms with Crippen LogP contribution in [-0.4, -0.2) is 30.6 Å². The van der Waals surface area contributed by atoms with Crippen LogP contribution in [0.5, 0.6) is 0 Å². The predicted octanol–water partition coefficient (Wildman–Crippen LogP) is 3.64. The highest BCUT2D eigenvalue weighted by Crippen LogP contribution is 2.12. The molecule has 0 aliphatic heterocycles. The highest BCUT2D eigenvalue weighted by atomic mass is 16.5. The summed E-state index contributed by atoms with van der Waals surface area (Å²) in [5, 5.41) is 12.3. The van der Waals surface area contributed by atoms with Gasteiger partial charge in [-0.05, 0) is 24.5 Å². The Kier molecular flexibility index (Phi) is 9.33. The van der Waals surface area contributed by atoms with Crippen LogP contribution in [0.25, 0.3) is 0 Å². The van der Waals surface area contributed by atoms with E-state index in [9.17, 15) is 10.1 Å². The van der Waals surface area contributed by atoms with Crippen molar-refractivity contribution in [3.05, 3.63) is 83.6 Å². The number of nitrogens with zero attached hydrogens (tertiary/aromatic N) is 2. The van der Waals surface area contributed by atoms with E-state index >= 15 is 0 Å². The van der Waals surface area contributed by atoms with Gasteiger partial charge in [0.2, 0.25) is 0 Å². The minimum atomic E-state index is -0.356. The fourth-order valence-corrected chi connectivity index (χ4v) is 2.72. The Bertz CT molecular complexity index is 741. The number of benzene rings is 2. The molecule has 0 heterocycles. The molecule has 1 amide bonds. The summed E-state index contributed by atoms with van der Waals surface area (Å²) in [5.41, 5.74) is 2.33. The van der Waals surface area contributed by atoms with E-state index < -0.39 is 0 Å². The molecule has 146 valence electrons. The second-order valence-electron chi connectivity index (χ2n) is 6.34. The summed E-state index contributed by atoms with van der Waals surface area (Å²) < 4.78 is 5.26. The molecule has 2 rings (SSSR count). The first kappa shape index (κ1) is 21.2. The minimum Gasteiger partial charge on any atom is -0.382 e. The zero-order valence-corrected chi connectivity index (χ0v) is 16.3. The number of nitrogens with one attached hydrogen (secondary N) is 1. The summed E-state index contributed by atoms with van der Waals surface area (Å²) in [4.78, 5) is 14.4. The van der Waals surface area contributed by atoms with Crippen molar-refractivity contribution in [3.63, 3.8) is 0 Å². The third kappa shape index (κ3) is 7.65. The maximum absolute atomic E-state index is 12.4. The van der Waals surface area contributed by atoms with Crippen molar-refractivity contribution in [1.82, 2.24) is 10.2 Å². The first-order valence-electron chi connectivity index (χ1n) is 9.52. The Hall–Kier alpha value is -3.10. The molecule has 5 nitrogen and oxygen atoms in total. The molecular weight excluding hydrogens is 350 g/mol. The molecular formula is C23H27N3O2. The van der Waals surface area contributed by atoms with Crippen molar-refractivity contribution in [2.75, 3.05) is 19.8 Å². The van der Waals surface area contributed by atoms with Gasteiger partial charge in [0, 0.05) is 39.0 Å². The Morgan fingerprint density at radius 2 is 1.64 bits per heavy atom. The van der Waals surface area contributed by atoms with Crippen LogP contribution < -0.4 is 5.32 Å². The van der Waals surface area contributed by atoms with Crippen LogP contribution >= 0.6 is 0 Å². The van der Waals surface area contributed by atoms with Gasteiger partial charge in [-0.25, -0.2) is 0 Å². The average Bonchev–Trinajstić information content (AvgIpc) is 2.73. The van der Waals surface area contributed by atoms with Gasteiger partial charge in [-0.1, -0.05) is 60.7 Å². The molecule has 28 heavy (non-hydrogen) atoms. The number of amides is 1. The molecule has 0 saturated carbocycles. The van der Waals surface area contributed by atoms with Crippen LogP contribution in [0, 0.1) is 11.3 Å². The molecule has 0 saturated heterocycles. The lowest BCUT2D eigenvalue weighted by atomic mass is 10.1. The van der Waals surface area contributed by atoms with E-state index in [-0.39, 0.29) is 11.5 Å². The predicted molar refractivity (Wildman–Crippen MR) is 110 cm³/mol. The molecule has 2 aromatic carbocycles. The molecule has 0 bridgehead atoms. The highest BCUT2D eigenvalue weighted by Gasteiger charge is 2.12. The first-order valence-corrected chi connectivity index (χ1v) is 9.52. The van der Waals surface area contributed by atoms with Gasteiger partial charge >= 0.3 is 0 Å². The van der Waals surface area contributed by atoms with Crippen LogP contribution in [0.4, 0.5) is 0 Å². The zero-order valence-electron chi connectivity index (χ0n) is 16.3. The molecule has 2 aromatic rings. The molecule has 0 aliphatic rings. The summed E-state index contributed by atoms with van der Waals surface area (Å²) in [6, 6.07) is 22.0. The molecule has 0 aliphatic carbocycles. The van der Waals surface area contributed by atoms with Gasteiger partial charge in [0.25, 0.3) is 5.91 Å². The summed E-state index contributed by atoms with van der Waals surface area (Å²) in [6.45, 7) is 4.89. The van der Waals surface area contributed by atoms with E-state index in [0.717, 1.165) is 17.5 Å². The Labute approximate surface area is 167 Å². The van der Waals surface area contributed by atoms with E-state index in [1.54, 1.807) is 6.20 Å². The second-order valence-corrected chi connectivity index (χ2v) is 6.34. The summed E-state index contributed by atoms with van der Waals surface area (Å²) >= 11 is 0. The van der Waals surface area contributed by atoms with Gasteiger partial charge in [-0.15, -0.1) is 0 Å². The van der Waals surface area contributed by atoms with Gasteiger partial charge in [-0.2, -0.15) is 5.26 Å². The Morgan fingerprint density at radius 1 is 1.07 bits per heavy atom. The molecule has 0 spiro atoms. The van der Waals surface area contributed by atoms with Crippen LogP contribution in [0.15, 0.2) is 72.4 Å². The lowest BCUT2D eigenvalue weighted by Crippen LogP contribution is -2.28. The number of nitriles is 1. The van der Waals surface area contributed by atoms with Crippen LogP contribution in [-0.2, 0) is 22.6 Å². The maximum Gasteiger partial charge on any atom is 0.263 e. The third-order valence-corrected chi connectivity index (χ3v) is 4.09. The smallest absolute Gasteiger partial charge is 0.263 e. The van der Waals surface area contributed by atoms with E-state index in [1.807, 2.05) is 78.6 Å². The van der Waals surface area contributed by atoms with E-state index in [1.165, 1.54) is 0 Å². The van der Waals surface area contributed by atoms with Crippen molar-refractivity contribution in [2.24, 2.45) is 0 Å². The summed E-state index contributed by atoms with van der Waals surface area (Å²) in [6.07, 6.45) is 2.37. The van der Waals surface area contributed by atoms with Gasteiger partial charge in [-0.3, -0.25) is 4.79 Å². The lowest BCUT2D eigenvalue weighted by Gasteiger charge is -2.21. The quantitative estimate of drug-likeness (QED) is 0.369. The second kappa shape index (κ2) is 12.3. The van der Waals surface area contributed by atoms with Crippen molar-refractivity contribution >= 4 is 5.91 Å². The number of hydrogen-bond acceptors (Lipinski definition) is 4. The van der Waals surface area contributed by atoms with Crippen molar-refractivity contribution in [1.29, 1.82) is 5.26 Å². The SMILES string of the molecule is CCOCCCNC(=O)/C(C#N)=C\N(Cc1ccccc1)Cc1ccccc1. The summed E-state index contributed by atoms with van der Waals surface area (Å²) in [7, 11) is 0. The number of rotatable bonds is 11. The topological polar surface area (TPSA) is 65.4 Å². The van der Waals surface area contributed by atoms with Crippen molar-refractivity contribution < 1.29 is 9.53 Å². The van der Waals surface area contributed by atoms with Crippen LogP contribution in [0.1, 0.15) is 24.5 Å². The maximum atomic E-state index is 12.4. The standard InChI is InChI=1S/C23H27N3O2/c1-2-28-15-9-14-25-23(27)22(16-24)19-26(17-20-10-5-3-6-11-20)18-21-12-7-4-8-13-21/h3-8,10-13,19H,2,9,14-15,17-18H2,1H3,(H,25,27)/b22-19-. The molecule has 0 radical (unpaired) electrons. The molecule has 5 heteroatoms. The highest BCUT2D eigenvalue weighted by molar-refractivity contribution is 5.97.